The zero-order chi connectivity index (χ0) is 61.1. The highest BCUT2D eigenvalue weighted by Gasteiger charge is 2.45. The number of Topliss-reactive ketones (excluding diaryl/α,β-unsaturated/α-hetero) is 1. The average Bonchev–Trinajstić information content (AvgIpc) is 1.86. The summed E-state index contributed by atoms with van der Waals surface area (Å²) >= 11 is 0. The van der Waals surface area contributed by atoms with E-state index in [1.54, 1.807) is 40.4 Å². The second kappa shape index (κ2) is 28.4. The number of methoxy groups -OCH3 is 2. The molecule has 7 atom stereocenters. The number of benzene rings is 4. The highest BCUT2D eigenvalue weighted by molar-refractivity contribution is 7.82. The van der Waals surface area contributed by atoms with E-state index in [0.29, 0.717) is 55.0 Å². The van der Waals surface area contributed by atoms with Crippen molar-refractivity contribution in [1.82, 2.24) is 9.80 Å². The second-order valence-electron chi connectivity index (χ2n) is 20.4. The second-order valence-corrected chi connectivity index (χ2v) is 21.6. The molecule has 0 saturated carbocycles. The van der Waals surface area contributed by atoms with Gasteiger partial charge in [-0.05, 0) is 84.5 Å². The fraction of sp³-hybridized carbons (Fsp3) is 0.431. The third kappa shape index (κ3) is 15.1. The van der Waals surface area contributed by atoms with E-state index >= 15 is 0 Å². The molecule has 0 bridgehead atoms. The summed E-state index contributed by atoms with van der Waals surface area (Å²) in [5.74, 6) is -1.58. The summed E-state index contributed by atoms with van der Waals surface area (Å²) < 4.78 is 91.4. The van der Waals surface area contributed by atoms with Gasteiger partial charge in [0, 0.05) is 67.7 Å². The van der Waals surface area contributed by atoms with E-state index in [2.05, 4.69) is 33.2 Å². The zero-order valence-electron chi connectivity index (χ0n) is 47.1. The molecule has 3 fully saturated rings. The van der Waals surface area contributed by atoms with Crippen molar-refractivity contribution in [2.75, 3.05) is 80.1 Å². The van der Waals surface area contributed by atoms with Crippen molar-refractivity contribution < 1.29 is 94.2 Å². The Hall–Kier alpha value is -8.15. The van der Waals surface area contributed by atoms with Crippen molar-refractivity contribution in [3.05, 3.63) is 123 Å². The molecule has 86 heavy (non-hydrogen) atoms. The summed E-state index contributed by atoms with van der Waals surface area (Å²) in [7, 11) is -2.43. The van der Waals surface area contributed by atoms with Gasteiger partial charge in [0.15, 0.2) is 40.3 Å². The van der Waals surface area contributed by atoms with Crippen LogP contribution in [-0.2, 0) is 42.6 Å². The largest absolute Gasteiger partial charge is 0.501 e. The Kier molecular flexibility index (Phi) is 20.6. The number of ketones is 1. The molecule has 4 N–H and O–H groups in total. The summed E-state index contributed by atoms with van der Waals surface area (Å²) in [6.45, 7) is 9.21. The summed E-state index contributed by atoms with van der Waals surface area (Å²) in [5, 5.41) is 45.1. The van der Waals surface area contributed by atoms with Gasteiger partial charge < -0.3 is 81.2 Å². The lowest BCUT2D eigenvalue weighted by atomic mass is 9.99. The third-order valence-electron chi connectivity index (χ3n) is 14.3. The van der Waals surface area contributed by atoms with Gasteiger partial charge in [0.1, 0.15) is 43.4 Å². The van der Waals surface area contributed by atoms with Crippen molar-refractivity contribution in [1.29, 1.82) is 0 Å². The van der Waals surface area contributed by atoms with Crippen molar-refractivity contribution in [3.63, 3.8) is 0 Å². The van der Waals surface area contributed by atoms with Gasteiger partial charge in [0.2, 0.25) is 6.29 Å². The topological polar surface area (TPSA) is 348 Å². The number of azide groups is 1. The number of aliphatic imine (C=N–C) groups is 2. The van der Waals surface area contributed by atoms with Crippen LogP contribution in [0.5, 0.6) is 40.2 Å². The van der Waals surface area contributed by atoms with Gasteiger partial charge in [-0.15, -0.1) is 8.42 Å². The number of aliphatic hydroxyl groups is 4. The number of amides is 2. The van der Waals surface area contributed by atoms with Crippen molar-refractivity contribution in [2.24, 2.45) is 15.1 Å². The van der Waals surface area contributed by atoms with Crippen LogP contribution < -0.4 is 32.1 Å². The van der Waals surface area contributed by atoms with Crippen LogP contribution in [0.1, 0.15) is 67.9 Å². The molecule has 5 heterocycles. The van der Waals surface area contributed by atoms with E-state index in [-0.39, 0.29) is 135 Å². The minimum atomic E-state index is -5.25. The molecule has 5 aliphatic rings. The Labute approximate surface area is 494 Å². The quantitative estimate of drug-likeness (QED) is 0.0138. The number of aliphatic hydroxyl groups excluding tert-OH is 4. The lowest BCUT2D eigenvalue weighted by Crippen LogP contribution is -2.60. The van der Waals surface area contributed by atoms with E-state index in [1.807, 2.05) is 0 Å². The Morgan fingerprint density at radius 2 is 1.27 bits per heavy atom. The number of hydrogen-bond donors (Lipinski definition) is 4. The summed E-state index contributed by atoms with van der Waals surface area (Å²) in [6, 6.07) is 13.5. The smallest absolute Gasteiger partial charge is 0.493 e. The maximum Gasteiger partial charge on any atom is 0.501 e. The maximum atomic E-state index is 14.3. The number of ether oxygens (including phenoxy) is 9. The highest BCUT2D eigenvalue weighted by Crippen LogP contribution is 2.42. The van der Waals surface area contributed by atoms with Crippen LogP contribution in [0.2, 0.25) is 0 Å². The number of nitrogens with zero attached hydrogens (tertiary/aromatic N) is 7. The molecular weight excluding hydrogens is 1150 g/mol. The summed E-state index contributed by atoms with van der Waals surface area (Å²) in [4.78, 5) is 56.3. The molecule has 0 spiro atoms. The van der Waals surface area contributed by atoms with Gasteiger partial charge >= 0.3 is 10.4 Å². The van der Waals surface area contributed by atoms with E-state index < -0.39 is 65.0 Å². The van der Waals surface area contributed by atoms with Gasteiger partial charge in [0.05, 0.1) is 88.4 Å². The first-order valence-corrected chi connectivity index (χ1v) is 28.7. The van der Waals surface area contributed by atoms with Gasteiger partial charge in [-0.3, -0.25) is 24.4 Å². The standard InChI is InChI=1S/C58H65N7O20S/c1-33-16-38-26-60-43-24-49(47(75-3)22-41(43)56(71)64(38)28-33)80-31-35-18-36(32-81-50-25-44-42(23-48(50)76-4)57(72)65-29-34(2)17-39(65)27-61-44)20-40(19-35)84-86(73,74)85-51-21-37(7-8-46(51)82-58-55(70)54(69)53(68)52(30-66)83-58)45(67)6-5-10-77-12-14-79-15-13-78-11-9-62-63-59/h7-8,18-27,38-39,52-55,58,66,68-70H,1-2,5-6,9-17,28-32H2,3-4H3/t38-,39-,52+,53-,54-,55+,58?/m0/s1. The summed E-state index contributed by atoms with van der Waals surface area (Å²) in [6.07, 6.45) is -4.05. The Balaban J connectivity index is 0.964. The Morgan fingerprint density at radius 1 is 0.709 bits per heavy atom. The minimum Gasteiger partial charge on any atom is -0.493 e. The fourth-order valence-corrected chi connectivity index (χ4v) is 10.7. The highest BCUT2D eigenvalue weighted by atomic mass is 32.3. The van der Waals surface area contributed by atoms with Crippen LogP contribution >= 0.6 is 0 Å². The van der Waals surface area contributed by atoms with Crippen molar-refractivity contribution >= 4 is 51.8 Å². The molecule has 28 heteroatoms. The molecule has 458 valence electrons. The predicted molar refractivity (Wildman–Crippen MR) is 306 cm³/mol. The third-order valence-corrected chi connectivity index (χ3v) is 15.1. The predicted octanol–water partition coefficient (Wildman–Crippen LogP) is 5.04. The maximum absolute atomic E-state index is 14.3. The molecule has 1 unspecified atom stereocenters. The number of hydrogen-bond acceptors (Lipinski definition) is 23. The van der Waals surface area contributed by atoms with Crippen LogP contribution in [0, 0.1) is 0 Å². The first kappa shape index (κ1) is 62.4. The van der Waals surface area contributed by atoms with E-state index in [1.165, 1.54) is 44.6 Å². The number of fused-ring (bicyclic) bond motifs is 4. The molecular formula is C58H65N7O20S. The van der Waals surface area contributed by atoms with E-state index in [0.717, 1.165) is 23.3 Å². The molecule has 0 radical (unpaired) electrons. The van der Waals surface area contributed by atoms with Crippen LogP contribution in [-0.4, -0.2) is 192 Å². The number of carbonyl (C=O) groups excluding carboxylic acids is 3. The van der Waals surface area contributed by atoms with Gasteiger partial charge in [0.25, 0.3) is 11.8 Å². The molecule has 0 aliphatic carbocycles. The zero-order valence-corrected chi connectivity index (χ0v) is 47.9. The van der Waals surface area contributed by atoms with Crippen molar-refractivity contribution in [2.45, 2.75) is 81.7 Å². The van der Waals surface area contributed by atoms with Gasteiger partial charge in [-0.1, -0.05) is 29.4 Å². The summed E-state index contributed by atoms with van der Waals surface area (Å²) in [5.41, 5.74) is 12.0. The molecule has 4 aromatic rings. The lowest BCUT2D eigenvalue weighted by molar-refractivity contribution is -0.277. The minimum absolute atomic E-state index is 0.0390. The van der Waals surface area contributed by atoms with Gasteiger partial charge in [-0.25, -0.2) is 0 Å². The van der Waals surface area contributed by atoms with Crippen molar-refractivity contribution in [3.8, 4) is 40.2 Å². The first-order chi connectivity index (χ1) is 41.5. The number of carbonyl (C=O) groups is 3. The Bertz CT molecular complexity index is 3290. The first-order valence-electron chi connectivity index (χ1n) is 27.3. The SMILES string of the molecule is C=C1C[C@H]2C=Nc3cc(OCc4cc(COc5cc6c(cc5OC)C(=O)N5CC(=C)C[C@H]5C=N6)cc(OS(=O)(=O)Oc5cc(C(=O)CCCOCCOCCOCCN=[N+]=[N-])ccc5OC5O[C@H](CO)[C@H](O)[C@H](O)[C@H]5O)c4)c(OC)cc3C(=O)N2C1. The van der Waals surface area contributed by atoms with Crippen LogP contribution in [0.4, 0.5) is 11.4 Å². The Morgan fingerprint density at radius 3 is 1.81 bits per heavy atom. The van der Waals surface area contributed by atoms with Gasteiger partial charge in [-0.2, -0.15) is 0 Å². The molecule has 2 amide bonds. The lowest BCUT2D eigenvalue weighted by Gasteiger charge is -2.39. The monoisotopic (exact) mass is 1210 g/mol. The van der Waals surface area contributed by atoms with Crippen LogP contribution in [0.3, 0.4) is 0 Å². The molecule has 27 nitrogen and oxygen atoms in total. The number of rotatable bonds is 29. The molecule has 0 aromatic heterocycles. The van der Waals surface area contributed by atoms with Crippen LogP contribution in [0.15, 0.2) is 100 Å². The normalized spacial score (nSPS) is 21.3. The molecule has 9 rings (SSSR count). The van der Waals surface area contributed by atoms with E-state index in [4.69, 9.17) is 56.5 Å². The average molecular weight is 1210 g/mol. The molecule has 5 aliphatic heterocycles. The molecule has 4 aromatic carbocycles. The fourth-order valence-electron chi connectivity index (χ4n) is 10.0. The van der Waals surface area contributed by atoms with E-state index in [9.17, 15) is 43.2 Å². The molecule has 3 saturated heterocycles. The van der Waals surface area contributed by atoms with Crippen LogP contribution in [0.25, 0.3) is 10.4 Å².